The van der Waals surface area contributed by atoms with Crippen LogP contribution >= 0.6 is 0 Å². The highest BCUT2D eigenvalue weighted by atomic mass is 19.3. The molecule has 2 N–H and O–H groups in total. The van der Waals surface area contributed by atoms with E-state index in [1.54, 1.807) is 0 Å². The van der Waals surface area contributed by atoms with Gasteiger partial charge in [0.05, 0.1) is 0 Å². The number of rotatable bonds is 2. The van der Waals surface area contributed by atoms with Gasteiger partial charge in [0.25, 0.3) is 0 Å². The largest absolute Gasteiger partial charge is 0.586 e. The Balaban J connectivity index is 2.23. The molecule has 16 heavy (non-hydrogen) atoms. The third-order valence-corrected chi connectivity index (χ3v) is 1.94. The number of carboxylic acid groups (broad SMARTS) is 1. The van der Waals surface area contributed by atoms with Crippen LogP contribution in [-0.4, -0.2) is 17.5 Å². The van der Waals surface area contributed by atoms with Crippen molar-refractivity contribution in [2.75, 3.05) is 0 Å². The predicted molar refractivity (Wildman–Crippen MR) is 47.5 cm³/mol. The lowest BCUT2D eigenvalue weighted by molar-refractivity contribution is -0.286. The zero-order valence-electron chi connectivity index (χ0n) is 7.87. The summed E-state index contributed by atoms with van der Waals surface area (Å²) in [6.45, 7) is -0.127. The van der Waals surface area contributed by atoms with Gasteiger partial charge in [-0.25, -0.2) is 4.79 Å². The number of para-hydroxylation sites is 1. The first-order valence-electron chi connectivity index (χ1n) is 4.32. The van der Waals surface area contributed by atoms with Crippen molar-refractivity contribution >= 4 is 6.09 Å². The summed E-state index contributed by atoms with van der Waals surface area (Å²) >= 11 is 0. The second-order valence-electron chi connectivity index (χ2n) is 3.07. The first-order chi connectivity index (χ1) is 7.48. The molecule has 0 bridgehead atoms. The molecule has 0 spiro atoms. The fourth-order valence-corrected chi connectivity index (χ4v) is 1.34. The first kappa shape index (κ1) is 10.5. The minimum Gasteiger partial charge on any atom is -0.465 e. The van der Waals surface area contributed by atoms with Crippen LogP contribution in [0.2, 0.25) is 0 Å². The van der Waals surface area contributed by atoms with Crippen LogP contribution in [0.15, 0.2) is 18.2 Å². The number of amides is 1. The molecule has 0 saturated carbocycles. The summed E-state index contributed by atoms with van der Waals surface area (Å²) < 4.78 is 33.9. The number of hydrogen-bond acceptors (Lipinski definition) is 3. The van der Waals surface area contributed by atoms with Gasteiger partial charge in [-0.15, -0.1) is 8.78 Å². The zero-order valence-corrected chi connectivity index (χ0v) is 7.87. The Kier molecular flexibility index (Phi) is 2.30. The summed E-state index contributed by atoms with van der Waals surface area (Å²) in [6.07, 6.45) is -4.94. The van der Waals surface area contributed by atoms with E-state index >= 15 is 0 Å². The molecule has 1 amide bonds. The van der Waals surface area contributed by atoms with E-state index in [4.69, 9.17) is 5.11 Å². The van der Waals surface area contributed by atoms with Gasteiger partial charge in [-0.05, 0) is 6.07 Å². The first-order valence-corrected chi connectivity index (χ1v) is 4.32. The van der Waals surface area contributed by atoms with Crippen molar-refractivity contribution in [1.82, 2.24) is 5.32 Å². The van der Waals surface area contributed by atoms with E-state index in [1.165, 1.54) is 18.2 Å². The normalized spacial score (nSPS) is 15.9. The standard InChI is InChI=1S/C9H7F2NO4/c10-9(11)15-6-3-1-2-5(7(6)16-9)4-12-8(13)14/h1-3,12H,4H2,(H,13,14). The molecule has 5 nitrogen and oxygen atoms in total. The van der Waals surface area contributed by atoms with Crippen molar-refractivity contribution in [2.45, 2.75) is 12.8 Å². The van der Waals surface area contributed by atoms with Crippen LogP contribution in [0.4, 0.5) is 13.6 Å². The van der Waals surface area contributed by atoms with E-state index in [1.807, 2.05) is 0 Å². The maximum atomic E-state index is 12.7. The second kappa shape index (κ2) is 3.51. The van der Waals surface area contributed by atoms with Gasteiger partial charge in [0.1, 0.15) is 0 Å². The number of benzene rings is 1. The smallest absolute Gasteiger partial charge is 0.465 e. The molecule has 0 fully saturated rings. The number of carbonyl (C=O) groups is 1. The Morgan fingerprint density at radius 1 is 1.44 bits per heavy atom. The van der Waals surface area contributed by atoms with Gasteiger partial charge >= 0.3 is 12.4 Å². The lowest BCUT2D eigenvalue weighted by Crippen LogP contribution is -2.26. The molecule has 86 valence electrons. The lowest BCUT2D eigenvalue weighted by Gasteiger charge is -2.06. The number of ether oxygens (including phenoxy) is 2. The number of halogens is 2. The van der Waals surface area contributed by atoms with E-state index in [0.717, 1.165) is 0 Å². The number of alkyl halides is 2. The van der Waals surface area contributed by atoms with Gasteiger partial charge in [-0.2, -0.15) is 0 Å². The third-order valence-electron chi connectivity index (χ3n) is 1.94. The van der Waals surface area contributed by atoms with E-state index in [-0.39, 0.29) is 23.6 Å². The van der Waals surface area contributed by atoms with Crippen LogP contribution in [-0.2, 0) is 6.54 Å². The van der Waals surface area contributed by atoms with E-state index < -0.39 is 12.4 Å². The molecule has 0 aliphatic carbocycles. The zero-order chi connectivity index (χ0) is 11.8. The van der Waals surface area contributed by atoms with Gasteiger partial charge in [-0.1, -0.05) is 12.1 Å². The average Bonchev–Trinajstić information content (AvgIpc) is 2.48. The maximum Gasteiger partial charge on any atom is 0.586 e. The van der Waals surface area contributed by atoms with Gasteiger partial charge < -0.3 is 19.9 Å². The van der Waals surface area contributed by atoms with Crippen molar-refractivity contribution in [3.8, 4) is 11.5 Å². The Hall–Kier alpha value is -2.05. The Labute approximate surface area is 88.6 Å². The minimum absolute atomic E-state index is 0.102. The Bertz CT molecular complexity index is 436. The molecule has 0 atom stereocenters. The highest BCUT2D eigenvalue weighted by Gasteiger charge is 2.44. The number of nitrogens with one attached hydrogen (secondary N) is 1. The molecule has 2 rings (SSSR count). The van der Waals surface area contributed by atoms with Crippen LogP contribution in [0.3, 0.4) is 0 Å². The highest BCUT2D eigenvalue weighted by Crippen LogP contribution is 2.43. The summed E-state index contributed by atoms with van der Waals surface area (Å²) in [7, 11) is 0. The molecule has 1 aliphatic rings. The third kappa shape index (κ3) is 1.97. The Morgan fingerprint density at radius 2 is 2.19 bits per heavy atom. The van der Waals surface area contributed by atoms with Crippen LogP contribution in [0.25, 0.3) is 0 Å². The minimum atomic E-state index is -3.69. The SMILES string of the molecule is O=C(O)NCc1cccc2c1OC(F)(F)O2. The summed E-state index contributed by atoms with van der Waals surface area (Å²) in [4.78, 5) is 10.3. The molecule has 0 radical (unpaired) electrons. The molecular weight excluding hydrogens is 224 g/mol. The molecule has 7 heteroatoms. The summed E-state index contributed by atoms with van der Waals surface area (Å²) in [6, 6.07) is 4.27. The fraction of sp³-hybridized carbons (Fsp3) is 0.222. The van der Waals surface area contributed by atoms with Gasteiger partial charge in [0.15, 0.2) is 11.5 Å². The van der Waals surface area contributed by atoms with Crippen LogP contribution in [0.5, 0.6) is 11.5 Å². The molecule has 0 saturated heterocycles. The quantitative estimate of drug-likeness (QED) is 0.813. The van der Waals surface area contributed by atoms with E-state index in [2.05, 4.69) is 14.8 Å². The topological polar surface area (TPSA) is 67.8 Å². The van der Waals surface area contributed by atoms with Gasteiger partial charge in [0.2, 0.25) is 0 Å². The van der Waals surface area contributed by atoms with Crippen molar-refractivity contribution < 1.29 is 28.2 Å². The fourth-order valence-electron chi connectivity index (χ4n) is 1.34. The molecule has 1 aromatic rings. The van der Waals surface area contributed by atoms with E-state index in [9.17, 15) is 13.6 Å². The van der Waals surface area contributed by atoms with Crippen molar-refractivity contribution in [3.63, 3.8) is 0 Å². The van der Waals surface area contributed by atoms with Crippen molar-refractivity contribution in [3.05, 3.63) is 23.8 Å². The molecule has 0 aromatic heterocycles. The summed E-state index contributed by atoms with van der Waals surface area (Å²) in [5, 5.41) is 10.4. The van der Waals surface area contributed by atoms with Crippen molar-refractivity contribution in [2.24, 2.45) is 0 Å². The maximum absolute atomic E-state index is 12.7. The molecule has 0 unspecified atom stereocenters. The predicted octanol–water partition coefficient (Wildman–Crippen LogP) is 1.78. The molecule has 1 aromatic carbocycles. The van der Waals surface area contributed by atoms with Gasteiger partial charge in [-0.3, -0.25) is 0 Å². The number of hydrogen-bond donors (Lipinski definition) is 2. The lowest BCUT2D eigenvalue weighted by atomic mass is 10.2. The van der Waals surface area contributed by atoms with Crippen molar-refractivity contribution in [1.29, 1.82) is 0 Å². The molecule has 1 heterocycles. The highest BCUT2D eigenvalue weighted by molar-refractivity contribution is 5.64. The van der Waals surface area contributed by atoms with E-state index in [0.29, 0.717) is 0 Å². The van der Waals surface area contributed by atoms with Gasteiger partial charge in [0, 0.05) is 12.1 Å². The van der Waals surface area contributed by atoms with Crippen LogP contribution in [0.1, 0.15) is 5.56 Å². The molecular formula is C9H7F2NO4. The summed E-state index contributed by atoms with van der Waals surface area (Å²) in [5.41, 5.74) is 0.289. The molecule has 1 aliphatic heterocycles. The van der Waals surface area contributed by atoms with Crippen LogP contribution in [0, 0.1) is 0 Å². The Morgan fingerprint density at radius 3 is 2.88 bits per heavy atom. The van der Waals surface area contributed by atoms with Crippen LogP contribution < -0.4 is 14.8 Å². The second-order valence-corrected chi connectivity index (χ2v) is 3.07. The summed E-state index contributed by atoms with van der Waals surface area (Å²) in [5.74, 6) is -0.240. The average molecular weight is 231 g/mol. The number of fused-ring (bicyclic) bond motifs is 1. The monoisotopic (exact) mass is 231 g/mol.